The van der Waals surface area contributed by atoms with Crippen molar-refractivity contribution in [1.29, 1.82) is 0 Å². The average Bonchev–Trinajstić information content (AvgIpc) is 1.74. The van der Waals surface area contributed by atoms with Crippen molar-refractivity contribution in [3.05, 3.63) is 0 Å². The van der Waals surface area contributed by atoms with Crippen LogP contribution in [0.4, 0.5) is 0 Å². The van der Waals surface area contributed by atoms with E-state index in [1.165, 1.54) is 0 Å². The maximum atomic E-state index is 10.6. The molecule has 11 heavy (non-hydrogen) atoms. The molecular formula is C6H14NO3P. The van der Waals surface area contributed by atoms with Gasteiger partial charge in [0.2, 0.25) is 0 Å². The lowest BCUT2D eigenvalue weighted by Gasteiger charge is -2.35. The minimum Gasteiger partial charge on any atom is -0.324 e. The lowest BCUT2D eigenvalue weighted by atomic mass is 9.92. The highest BCUT2D eigenvalue weighted by atomic mass is 31.2. The first-order valence-electron chi connectivity index (χ1n) is 3.82. The third-order valence-electron chi connectivity index (χ3n) is 2.08. The quantitative estimate of drug-likeness (QED) is 0.545. The Bertz CT molecular complexity index is 173. The summed E-state index contributed by atoms with van der Waals surface area (Å²) < 4.78 is 10.6. The summed E-state index contributed by atoms with van der Waals surface area (Å²) in [6, 6.07) is 0.331. The molecule has 0 aromatic rings. The van der Waals surface area contributed by atoms with Gasteiger partial charge in [-0.3, -0.25) is 4.57 Å². The Balaban J connectivity index is 2.24. The van der Waals surface area contributed by atoms with Crippen LogP contribution in [0.2, 0.25) is 0 Å². The monoisotopic (exact) mass is 179 g/mol. The predicted molar refractivity (Wildman–Crippen MR) is 42.5 cm³/mol. The molecule has 1 fully saturated rings. The maximum absolute atomic E-state index is 10.6. The molecule has 0 bridgehead atoms. The van der Waals surface area contributed by atoms with Crippen LogP contribution in [-0.2, 0) is 4.57 Å². The van der Waals surface area contributed by atoms with Crippen LogP contribution in [0.1, 0.15) is 19.8 Å². The first-order valence-corrected chi connectivity index (χ1v) is 5.50. The molecule has 0 spiro atoms. The number of hydrogen-bond acceptors (Lipinski definition) is 2. The molecule has 1 aliphatic rings. The Labute approximate surface area is 66.2 Å². The van der Waals surface area contributed by atoms with E-state index in [0.29, 0.717) is 18.9 Å². The molecule has 0 aromatic carbocycles. The highest BCUT2D eigenvalue weighted by Gasteiger charge is 2.40. The van der Waals surface area contributed by atoms with Gasteiger partial charge < -0.3 is 15.1 Å². The average molecular weight is 179 g/mol. The van der Waals surface area contributed by atoms with Crippen LogP contribution in [0, 0.1) is 0 Å². The van der Waals surface area contributed by atoms with E-state index < -0.39 is 7.60 Å². The third kappa shape index (κ3) is 2.27. The van der Waals surface area contributed by atoms with Gasteiger partial charge in [0.25, 0.3) is 0 Å². The van der Waals surface area contributed by atoms with Crippen LogP contribution in [0.15, 0.2) is 0 Å². The molecule has 5 heteroatoms. The standard InChI is InChI=1S/C6H14NO3P/c1-2-7-5-3-6(4-5)11(8,9)10/h5-7H,2-4H2,1H3,(H2,8,9,10). The van der Waals surface area contributed by atoms with Crippen molar-refractivity contribution in [1.82, 2.24) is 5.32 Å². The summed E-state index contributed by atoms with van der Waals surface area (Å²) in [5, 5.41) is 3.14. The van der Waals surface area contributed by atoms with Gasteiger partial charge in [0.15, 0.2) is 0 Å². The van der Waals surface area contributed by atoms with Crippen molar-refractivity contribution in [3.8, 4) is 0 Å². The van der Waals surface area contributed by atoms with Gasteiger partial charge in [0.1, 0.15) is 0 Å². The van der Waals surface area contributed by atoms with E-state index in [9.17, 15) is 4.57 Å². The van der Waals surface area contributed by atoms with Crippen molar-refractivity contribution in [3.63, 3.8) is 0 Å². The van der Waals surface area contributed by atoms with E-state index in [1.54, 1.807) is 0 Å². The Morgan fingerprint density at radius 3 is 2.45 bits per heavy atom. The van der Waals surface area contributed by atoms with E-state index in [-0.39, 0.29) is 5.66 Å². The SMILES string of the molecule is CCNC1CC(P(=O)(O)O)C1. The minimum atomic E-state index is -3.77. The van der Waals surface area contributed by atoms with E-state index >= 15 is 0 Å². The first-order chi connectivity index (χ1) is 5.04. The molecule has 66 valence electrons. The van der Waals surface area contributed by atoms with Crippen LogP contribution in [0.25, 0.3) is 0 Å². The van der Waals surface area contributed by atoms with E-state index in [4.69, 9.17) is 9.79 Å². The molecule has 0 unspecified atom stereocenters. The van der Waals surface area contributed by atoms with Crippen LogP contribution in [0.5, 0.6) is 0 Å². The summed E-state index contributed by atoms with van der Waals surface area (Å²) in [7, 11) is -3.77. The second-order valence-corrected chi connectivity index (χ2v) is 4.88. The summed E-state index contributed by atoms with van der Waals surface area (Å²) in [4.78, 5) is 17.4. The predicted octanol–water partition coefficient (Wildman–Crippen LogP) is 0.305. The second kappa shape index (κ2) is 3.23. The molecule has 0 saturated heterocycles. The van der Waals surface area contributed by atoms with Crippen LogP contribution < -0.4 is 5.32 Å². The zero-order valence-electron chi connectivity index (χ0n) is 6.53. The van der Waals surface area contributed by atoms with Gasteiger partial charge in [-0.1, -0.05) is 6.92 Å². The lowest BCUT2D eigenvalue weighted by Crippen LogP contribution is -2.43. The molecule has 1 rings (SSSR count). The fraction of sp³-hybridized carbons (Fsp3) is 1.00. The third-order valence-corrected chi connectivity index (χ3v) is 3.45. The van der Waals surface area contributed by atoms with Gasteiger partial charge >= 0.3 is 7.60 Å². The molecule has 1 aliphatic carbocycles. The van der Waals surface area contributed by atoms with Gasteiger partial charge in [0, 0.05) is 6.04 Å². The fourth-order valence-electron chi connectivity index (χ4n) is 1.32. The van der Waals surface area contributed by atoms with E-state index in [0.717, 1.165) is 6.54 Å². The normalized spacial score (nSPS) is 31.5. The van der Waals surface area contributed by atoms with Gasteiger partial charge in [-0.05, 0) is 19.4 Å². The highest BCUT2D eigenvalue weighted by molar-refractivity contribution is 7.52. The molecule has 0 atom stereocenters. The van der Waals surface area contributed by atoms with E-state index in [2.05, 4.69) is 5.32 Å². The first kappa shape index (κ1) is 9.20. The molecule has 0 aromatic heterocycles. The van der Waals surface area contributed by atoms with Gasteiger partial charge in [-0.25, -0.2) is 0 Å². The summed E-state index contributed by atoms with van der Waals surface area (Å²) in [6.45, 7) is 2.86. The van der Waals surface area contributed by atoms with Crippen molar-refractivity contribution in [2.75, 3.05) is 6.54 Å². The fourth-order valence-corrected chi connectivity index (χ4v) is 2.38. The molecular weight excluding hydrogens is 165 g/mol. The smallest absolute Gasteiger partial charge is 0.324 e. The molecule has 0 amide bonds. The number of hydrogen-bond donors (Lipinski definition) is 3. The molecule has 3 N–H and O–H groups in total. The molecule has 0 aliphatic heterocycles. The Hall–Kier alpha value is 0.110. The van der Waals surface area contributed by atoms with Gasteiger partial charge in [-0.15, -0.1) is 0 Å². The molecule has 4 nitrogen and oxygen atoms in total. The largest absolute Gasteiger partial charge is 0.328 e. The molecule has 0 radical (unpaired) electrons. The second-order valence-electron chi connectivity index (χ2n) is 2.97. The lowest BCUT2D eigenvalue weighted by molar-refractivity contribution is 0.282. The summed E-state index contributed by atoms with van der Waals surface area (Å²) >= 11 is 0. The van der Waals surface area contributed by atoms with E-state index in [1.807, 2.05) is 6.92 Å². The van der Waals surface area contributed by atoms with Crippen LogP contribution >= 0.6 is 7.60 Å². The number of nitrogens with one attached hydrogen (secondary N) is 1. The maximum Gasteiger partial charge on any atom is 0.328 e. The highest BCUT2D eigenvalue weighted by Crippen LogP contribution is 2.50. The topological polar surface area (TPSA) is 69.6 Å². The van der Waals surface area contributed by atoms with Crippen LogP contribution in [0.3, 0.4) is 0 Å². The molecule has 1 saturated carbocycles. The van der Waals surface area contributed by atoms with Crippen molar-refractivity contribution >= 4 is 7.60 Å². The summed E-state index contributed by atoms with van der Waals surface area (Å²) in [5.74, 6) is 0. The Kier molecular flexibility index (Phi) is 2.70. The van der Waals surface area contributed by atoms with Crippen molar-refractivity contribution in [2.24, 2.45) is 0 Å². The molecule has 0 heterocycles. The Morgan fingerprint density at radius 1 is 1.55 bits per heavy atom. The zero-order valence-corrected chi connectivity index (χ0v) is 7.42. The summed E-state index contributed by atoms with van der Waals surface area (Å²) in [5.41, 5.74) is -0.383. The van der Waals surface area contributed by atoms with Gasteiger partial charge in [-0.2, -0.15) is 0 Å². The number of rotatable bonds is 3. The van der Waals surface area contributed by atoms with Crippen LogP contribution in [-0.4, -0.2) is 28.0 Å². The minimum absolute atomic E-state index is 0.331. The van der Waals surface area contributed by atoms with Crippen molar-refractivity contribution in [2.45, 2.75) is 31.5 Å². The van der Waals surface area contributed by atoms with Crippen molar-refractivity contribution < 1.29 is 14.4 Å². The Morgan fingerprint density at radius 2 is 2.09 bits per heavy atom. The van der Waals surface area contributed by atoms with Gasteiger partial charge in [0.05, 0.1) is 5.66 Å². The summed E-state index contributed by atoms with van der Waals surface area (Å²) in [6.07, 6.45) is 1.25. The zero-order chi connectivity index (χ0) is 8.48.